The van der Waals surface area contributed by atoms with Crippen molar-refractivity contribution in [3.63, 3.8) is 0 Å². The molecule has 1 aliphatic heterocycles. The van der Waals surface area contributed by atoms with Crippen LogP contribution in [-0.2, 0) is 4.79 Å². The van der Waals surface area contributed by atoms with Gasteiger partial charge in [0, 0.05) is 43.0 Å². The maximum absolute atomic E-state index is 12.6. The maximum atomic E-state index is 12.6. The van der Waals surface area contributed by atoms with Gasteiger partial charge in [-0.2, -0.15) is 0 Å². The molecule has 2 heterocycles. The molecule has 3 aromatic rings. The van der Waals surface area contributed by atoms with Crippen molar-refractivity contribution < 1.29 is 13.9 Å². The number of benzene rings is 2. The number of piperazine rings is 1. The highest BCUT2D eigenvalue weighted by Crippen LogP contribution is 2.36. The van der Waals surface area contributed by atoms with Crippen molar-refractivity contribution in [3.8, 4) is 5.75 Å². The summed E-state index contributed by atoms with van der Waals surface area (Å²) in [6.07, 6.45) is 0. The van der Waals surface area contributed by atoms with Crippen molar-refractivity contribution in [2.75, 3.05) is 51.7 Å². The zero-order valence-corrected chi connectivity index (χ0v) is 15.8. The number of nitrogens with one attached hydrogen (secondary N) is 1. The standard InChI is InChI=1S/C21H25N3O3/c1-3-23-8-10-24(11-9-23)14-21(25)22-17-13-19-16(12-20(17)26-2)15-6-4-5-7-18(15)27-19/h4-7,12-13H,3,8-11,14H2,1-2H3,(H,22,25). The van der Waals surface area contributed by atoms with E-state index >= 15 is 0 Å². The smallest absolute Gasteiger partial charge is 0.238 e. The van der Waals surface area contributed by atoms with Gasteiger partial charge in [0.1, 0.15) is 16.9 Å². The van der Waals surface area contributed by atoms with Crippen molar-refractivity contribution in [3.05, 3.63) is 36.4 Å². The minimum atomic E-state index is -0.0336. The first kappa shape index (κ1) is 17.8. The van der Waals surface area contributed by atoms with E-state index in [0.29, 0.717) is 18.0 Å². The summed E-state index contributed by atoms with van der Waals surface area (Å²) in [4.78, 5) is 17.1. The molecule has 142 valence electrons. The monoisotopic (exact) mass is 367 g/mol. The number of anilines is 1. The molecule has 0 aliphatic carbocycles. The van der Waals surface area contributed by atoms with E-state index in [-0.39, 0.29) is 5.91 Å². The molecule has 0 radical (unpaired) electrons. The Morgan fingerprint density at radius 1 is 1.07 bits per heavy atom. The number of para-hydroxylation sites is 1. The van der Waals surface area contributed by atoms with Gasteiger partial charge in [0.25, 0.3) is 0 Å². The highest BCUT2D eigenvalue weighted by atomic mass is 16.5. The fraction of sp³-hybridized carbons (Fsp3) is 0.381. The molecule has 0 spiro atoms. The molecule has 1 amide bonds. The summed E-state index contributed by atoms with van der Waals surface area (Å²) in [6, 6.07) is 11.7. The molecule has 0 atom stereocenters. The molecule has 6 heteroatoms. The molecule has 27 heavy (non-hydrogen) atoms. The Hall–Kier alpha value is -2.57. The molecular formula is C21H25N3O3. The lowest BCUT2D eigenvalue weighted by atomic mass is 10.1. The Labute approximate surface area is 158 Å². The number of methoxy groups -OCH3 is 1. The van der Waals surface area contributed by atoms with Gasteiger partial charge in [-0.3, -0.25) is 9.69 Å². The Kier molecular flexibility index (Phi) is 5.01. The molecule has 1 fully saturated rings. The van der Waals surface area contributed by atoms with Crippen molar-refractivity contribution in [1.82, 2.24) is 9.80 Å². The average molecular weight is 367 g/mol. The minimum Gasteiger partial charge on any atom is -0.495 e. The zero-order valence-electron chi connectivity index (χ0n) is 15.8. The van der Waals surface area contributed by atoms with Gasteiger partial charge in [-0.05, 0) is 18.7 Å². The third-order valence-electron chi connectivity index (χ3n) is 5.25. The zero-order chi connectivity index (χ0) is 18.8. The molecular weight excluding hydrogens is 342 g/mol. The second kappa shape index (κ2) is 7.58. The number of hydrogen-bond donors (Lipinski definition) is 1. The molecule has 1 saturated heterocycles. The summed E-state index contributed by atoms with van der Waals surface area (Å²) < 4.78 is 11.4. The van der Waals surface area contributed by atoms with Crippen LogP contribution in [0, 0.1) is 0 Å². The van der Waals surface area contributed by atoms with Crippen LogP contribution < -0.4 is 10.1 Å². The van der Waals surface area contributed by atoms with Crippen LogP contribution >= 0.6 is 0 Å². The minimum absolute atomic E-state index is 0.0336. The number of carbonyl (C=O) groups is 1. The predicted octanol–water partition coefficient (Wildman–Crippen LogP) is 3.17. The van der Waals surface area contributed by atoms with Gasteiger partial charge in [-0.15, -0.1) is 0 Å². The second-order valence-electron chi connectivity index (χ2n) is 6.91. The van der Waals surface area contributed by atoms with Crippen LogP contribution in [0.1, 0.15) is 6.92 Å². The Morgan fingerprint density at radius 2 is 1.81 bits per heavy atom. The molecule has 4 rings (SSSR count). The quantitative estimate of drug-likeness (QED) is 0.751. The van der Waals surface area contributed by atoms with Gasteiger partial charge in [0.2, 0.25) is 5.91 Å². The van der Waals surface area contributed by atoms with E-state index in [1.165, 1.54) is 0 Å². The van der Waals surface area contributed by atoms with Gasteiger partial charge in [-0.1, -0.05) is 25.1 Å². The lowest BCUT2D eigenvalue weighted by Gasteiger charge is -2.33. The highest BCUT2D eigenvalue weighted by Gasteiger charge is 2.19. The number of amides is 1. The van der Waals surface area contributed by atoms with Crippen LogP contribution in [0.4, 0.5) is 5.69 Å². The van der Waals surface area contributed by atoms with Crippen LogP contribution in [-0.4, -0.2) is 62.1 Å². The lowest BCUT2D eigenvalue weighted by Crippen LogP contribution is -2.48. The summed E-state index contributed by atoms with van der Waals surface area (Å²) in [5.74, 6) is 0.604. The first-order chi connectivity index (χ1) is 13.2. The van der Waals surface area contributed by atoms with Crippen molar-refractivity contribution in [2.24, 2.45) is 0 Å². The Balaban J connectivity index is 1.52. The number of hydrogen-bond acceptors (Lipinski definition) is 5. The molecule has 0 unspecified atom stereocenters. The molecule has 1 aliphatic rings. The van der Waals surface area contributed by atoms with Crippen molar-refractivity contribution >= 4 is 33.5 Å². The molecule has 1 aromatic heterocycles. The number of carbonyl (C=O) groups excluding carboxylic acids is 1. The maximum Gasteiger partial charge on any atom is 0.238 e. The summed E-state index contributed by atoms with van der Waals surface area (Å²) in [5, 5.41) is 5.01. The fourth-order valence-electron chi connectivity index (χ4n) is 3.67. The normalized spacial score (nSPS) is 16.1. The van der Waals surface area contributed by atoms with Crippen LogP contribution in [0.5, 0.6) is 5.75 Å². The molecule has 2 aromatic carbocycles. The molecule has 1 N–H and O–H groups in total. The van der Waals surface area contributed by atoms with Crippen LogP contribution in [0.3, 0.4) is 0 Å². The third-order valence-corrected chi connectivity index (χ3v) is 5.25. The predicted molar refractivity (Wildman–Crippen MR) is 107 cm³/mol. The van der Waals surface area contributed by atoms with E-state index in [9.17, 15) is 4.79 Å². The number of nitrogens with zero attached hydrogens (tertiary/aromatic N) is 2. The van der Waals surface area contributed by atoms with E-state index < -0.39 is 0 Å². The third kappa shape index (κ3) is 3.63. The largest absolute Gasteiger partial charge is 0.495 e. The molecule has 0 bridgehead atoms. The van der Waals surface area contributed by atoms with Crippen LogP contribution in [0.2, 0.25) is 0 Å². The van der Waals surface area contributed by atoms with Gasteiger partial charge in [0.05, 0.1) is 19.3 Å². The van der Waals surface area contributed by atoms with Crippen LogP contribution in [0.15, 0.2) is 40.8 Å². The van der Waals surface area contributed by atoms with Gasteiger partial charge >= 0.3 is 0 Å². The van der Waals surface area contributed by atoms with Gasteiger partial charge in [-0.25, -0.2) is 0 Å². The fourth-order valence-corrected chi connectivity index (χ4v) is 3.67. The number of ether oxygens (including phenoxy) is 1. The summed E-state index contributed by atoms with van der Waals surface area (Å²) >= 11 is 0. The van der Waals surface area contributed by atoms with E-state index in [1.54, 1.807) is 7.11 Å². The lowest BCUT2D eigenvalue weighted by molar-refractivity contribution is -0.117. The average Bonchev–Trinajstić information content (AvgIpc) is 3.05. The van der Waals surface area contributed by atoms with E-state index in [1.807, 2.05) is 36.4 Å². The van der Waals surface area contributed by atoms with E-state index in [0.717, 1.165) is 54.7 Å². The molecule has 6 nitrogen and oxygen atoms in total. The molecule has 0 saturated carbocycles. The van der Waals surface area contributed by atoms with Crippen molar-refractivity contribution in [1.29, 1.82) is 0 Å². The summed E-state index contributed by atoms with van der Waals surface area (Å²) in [5.41, 5.74) is 2.21. The van der Waals surface area contributed by atoms with Gasteiger partial charge < -0.3 is 19.4 Å². The van der Waals surface area contributed by atoms with Gasteiger partial charge in [0.15, 0.2) is 0 Å². The Morgan fingerprint density at radius 3 is 2.56 bits per heavy atom. The first-order valence-corrected chi connectivity index (χ1v) is 9.41. The van der Waals surface area contributed by atoms with Crippen LogP contribution in [0.25, 0.3) is 21.9 Å². The number of likely N-dealkylation sites (N-methyl/N-ethyl adjacent to an activating group) is 1. The Bertz CT molecular complexity index is 958. The summed E-state index contributed by atoms with van der Waals surface area (Å²) in [6.45, 7) is 7.48. The first-order valence-electron chi connectivity index (χ1n) is 9.41. The highest BCUT2D eigenvalue weighted by molar-refractivity contribution is 6.07. The van der Waals surface area contributed by atoms with Crippen molar-refractivity contribution in [2.45, 2.75) is 6.92 Å². The van der Waals surface area contributed by atoms with E-state index in [4.69, 9.17) is 9.15 Å². The SMILES string of the molecule is CCN1CCN(CC(=O)Nc2cc3oc4ccccc4c3cc2OC)CC1. The number of fused-ring (bicyclic) bond motifs is 3. The van der Waals surface area contributed by atoms with E-state index in [2.05, 4.69) is 22.0 Å². The summed E-state index contributed by atoms with van der Waals surface area (Å²) in [7, 11) is 1.61. The number of rotatable bonds is 5. The topological polar surface area (TPSA) is 58.0 Å². The second-order valence-corrected chi connectivity index (χ2v) is 6.91. The number of furan rings is 1.